The second-order valence-corrected chi connectivity index (χ2v) is 2.57. The fourth-order valence-electron chi connectivity index (χ4n) is 0.957. The van der Waals surface area contributed by atoms with Crippen molar-refractivity contribution in [1.82, 2.24) is 0 Å². The Labute approximate surface area is 67.8 Å². The van der Waals surface area contributed by atoms with Crippen molar-refractivity contribution < 1.29 is 0 Å². The van der Waals surface area contributed by atoms with Crippen LogP contribution in [0.3, 0.4) is 0 Å². The minimum atomic E-state index is 0.455. The lowest BCUT2D eigenvalue weighted by Crippen LogP contribution is -2.06. The van der Waals surface area contributed by atoms with Gasteiger partial charge in [0, 0.05) is 17.8 Å². The van der Waals surface area contributed by atoms with Crippen LogP contribution in [0.25, 0.3) is 0 Å². The van der Waals surface area contributed by atoms with Crippen LogP contribution in [-0.4, -0.2) is 5.71 Å². The largest absolute Gasteiger partial charge is 0.261 e. The molecule has 11 heavy (non-hydrogen) atoms. The van der Waals surface area contributed by atoms with Crippen molar-refractivity contribution in [2.24, 2.45) is 10.9 Å². The minimum absolute atomic E-state index is 0.455. The summed E-state index contributed by atoms with van der Waals surface area (Å²) in [5.41, 5.74) is 1.13. The van der Waals surface area contributed by atoms with Crippen molar-refractivity contribution in [3.05, 3.63) is 36.6 Å². The standard InChI is InChI=1S/C10H13N/c1-3-8-11-10-7-5-4-6-9(10)2/h3-9H,1-2H3/b8-3-,11-10-. The highest BCUT2D eigenvalue weighted by Gasteiger charge is 2.04. The third-order valence-electron chi connectivity index (χ3n) is 1.62. The first-order valence-corrected chi connectivity index (χ1v) is 3.88. The molecule has 0 radical (unpaired) electrons. The Hall–Kier alpha value is -1.11. The van der Waals surface area contributed by atoms with Crippen molar-refractivity contribution in [3.63, 3.8) is 0 Å². The van der Waals surface area contributed by atoms with E-state index in [1.54, 1.807) is 0 Å². The Bertz CT molecular complexity index is 231. The molecule has 0 saturated heterocycles. The van der Waals surface area contributed by atoms with Crippen molar-refractivity contribution in [3.8, 4) is 0 Å². The number of nitrogens with zero attached hydrogens (tertiary/aromatic N) is 1. The molecule has 1 aliphatic carbocycles. The summed E-state index contributed by atoms with van der Waals surface area (Å²) in [5.74, 6) is 0.455. The second kappa shape index (κ2) is 3.91. The fourth-order valence-corrected chi connectivity index (χ4v) is 0.957. The van der Waals surface area contributed by atoms with Gasteiger partial charge in [0.2, 0.25) is 0 Å². The number of hydrogen-bond acceptors (Lipinski definition) is 1. The molecule has 0 heterocycles. The maximum absolute atomic E-state index is 4.28. The molecule has 1 aliphatic rings. The molecular weight excluding hydrogens is 134 g/mol. The van der Waals surface area contributed by atoms with Crippen LogP contribution in [0, 0.1) is 5.92 Å². The van der Waals surface area contributed by atoms with Gasteiger partial charge in [-0.3, -0.25) is 4.99 Å². The summed E-state index contributed by atoms with van der Waals surface area (Å²) in [6.07, 6.45) is 12.0. The van der Waals surface area contributed by atoms with Crippen LogP contribution >= 0.6 is 0 Å². The van der Waals surface area contributed by atoms with E-state index in [2.05, 4.69) is 24.1 Å². The number of rotatable bonds is 1. The van der Waals surface area contributed by atoms with Gasteiger partial charge >= 0.3 is 0 Å². The van der Waals surface area contributed by atoms with E-state index in [0.717, 1.165) is 5.71 Å². The van der Waals surface area contributed by atoms with E-state index in [1.807, 2.05) is 31.4 Å². The summed E-state index contributed by atoms with van der Waals surface area (Å²) < 4.78 is 0. The Balaban J connectivity index is 2.72. The molecule has 0 amide bonds. The highest BCUT2D eigenvalue weighted by molar-refractivity contribution is 5.99. The quantitative estimate of drug-likeness (QED) is 0.540. The van der Waals surface area contributed by atoms with Crippen molar-refractivity contribution in [2.45, 2.75) is 13.8 Å². The first-order chi connectivity index (χ1) is 5.34. The molecule has 58 valence electrons. The van der Waals surface area contributed by atoms with E-state index < -0.39 is 0 Å². The Morgan fingerprint density at radius 1 is 1.45 bits per heavy atom. The number of aliphatic imine (C=N–C) groups is 1. The smallest absolute Gasteiger partial charge is 0.0469 e. The topological polar surface area (TPSA) is 12.4 Å². The molecule has 0 bridgehead atoms. The van der Waals surface area contributed by atoms with Gasteiger partial charge in [0.25, 0.3) is 0 Å². The van der Waals surface area contributed by atoms with Crippen LogP contribution in [0.15, 0.2) is 41.6 Å². The first kappa shape index (κ1) is 7.99. The van der Waals surface area contributed by atoms with Gasteiger partial charge in [-0.15, -0.1) is 0 Å². The van der Waals surface area contributed by atoms with E-state index >= 15 is 0 Å². The van der Waals surface area contributed by atoms with Crippen LogP contribution in [0.5, 0.6) is 0 Å². The molecule has 0 spiro atoms. The van der Waals surface area contributed by atoms with Crippen molar-refractivity contribution >= 4 is 5.71 Å². The molecule has 0 aliphatic heterocycles. The van der Waals surface area contributed by atoms with Crippen LogP contribution in [-0.2, 0) is 0 Å². The third-order valence-corrected chi connectivity index (χ3v) is 1.62. The van der Waals surface area contributed by atoms with E-state index in [-0.39, 0.29) is 0 Å². The minimum Gasteiger partial charge on any atom is -0.261 e. The third kappa shape index (κ3) is 2.19. The van der Waals surface area contributed by atoms with Gasteiger partial charge in [-0.2, -0.15) is 0 Å². The fraction of sp³-hybridized carbons (Fsp3) is 0.300. The van der Waals surface area contributed by atoms with E-state index in [9.17, 15) is 0 Å². The number of allylic oxidation sites excluding steroid dienone is 5. The lowest BCUT2D eigenvalue weighted by molar-refractivity contribution is 0.995. The summed E-state index contributed by atoms with van der Waals surface area (Å²) in [7, 11) is 0. The van der Waals surface area contributed by atoms with Crippen molar-refractivity contribution in [1.29, 1.82) is 0 Å². The van der Waals surface area contributed by atoms with Gasteiger partial charge in [0.05, 0.1) is 0 Å². The van der Waals surface area contributed by atoms with Gasteiger partial charge in [-0.1, -0.05) is 31.2 Å². The predicted molar refractivity (Wildman–Crippen MR) is 49.7 cm³/mol. The molecule has 0 N–H and O–H groups in total. The molecule has 0 fully saturated rings. The normalized spacial score (nSPS) is 27.1. The lowest BCUT2D eigenvalue weighted by Gasteiger charge is -2.07. The van der Waals surface area contributed by atoms with Crippen LogP contribution in [0.2, 0.25) is 0 Å². The van der Waals surface area contributed by atoms with E-state index in [4.69, 9.17) is 0 Å². The molecule has 0 aromatic rings. The second-order valence-electron chi connectivity index (χ2n) is 2.57. The average Bonchev–Trinajstić information content (AvgIpc) is 2.03. The first-order valence-electron chi connectivity index (χ1n) is 3.88. The van der Waals surface area contributed by atoms with Crippen LogP contribution in [0.1, 0.15) is 13.8 Å². The zero-order valence-electron chi connectivity index (χ0n) is 6.99. The van der Waals surface area contributed by atoms with Crippen LogP contribution < -0.4 is 0 Å². The Kier molecular flexibility index (Phi) is 2.84. The lowest BCUT2D eigenvalue weighted by atomic mass is 10.0. The zero-order chi connectivity index (χ0) is 8.10. The van der Waals surface area contributed by atoms with E-state index in [0.29, 0.717) is 5.92 Å². The molecule has 1 nitrogen and oxygen atoms in total. The highest BCUT2D eigenvalue weighted by atomic mass is 14.7. The Morgan fingerprint density at radius 2 is 2.27 bits per heavy atom. The molecule has 0 aromatic heterocycles. The summed E-state index contributed by atoms with van der Waals surface area (Å²) in [6, 6.07) is 0. The van der Waals surface area contributed by atoms with Crippen molar-refractivity contribution in [2.75, 3.05) is 0 Å². The van der Waals surface area contributed by atoms with Gasteiger partial charge in [-0.25, -0.2) is 0 Å². The van der Waals surface area contributed by atoms with Gasteiger partial charge in [0.15, 0.2) is 0 Å². The summed E-state index contributed by atoms with van der Waals surface area (Å²) in [5, 5.41) is 0. The molecule has 1 unspecified atom stereocenters. The van der Waals surface area contributed by atoms with Gasteiger partial charge in [-0.05, 0) is 13.0 Å². The maximum Gasteiger partial charge on any atom is 0.0469 e. The summed E-state index contributed by atoms with van der Waals surface area (Å²) >= 11 is 0. The highest BCUT2D eigenvalue weighted by Crippen LogP contribution is 2.08. The SMILES string of the molecule is C/C=C\N=C1\C=CC=CC1C. The monoisotopic (exact) mass is 147 g/mol. The predicted octanol–water partition coefficient (Wildman–Crippen LogP) is 2.72. The molecule has 0 aromatic carbocycles. The summed E-state index contributed by atoms with van der Waals surface area (Å²) in [4.78, 5) is 4.28. The zero-order valence-corrected chi connectivity index (χ0v) is 6.99. The molecule has 1 atom stereocenters. The molecule has 0 saturated carbocycles. The number of hydrogen-bond donors (Lipinski definition) is 0. The Morgan fingerprint density at radius 3 is 2.91 bits per heavy atom. The molecule has 1 rings (SSSR count). The summed E-state index contributed by atoms with van der Waals surface area (Å²) in [6.45, 7) is 4.11. The van der Waals surface area contributed by atoms with Gasteiger partial charge in [0.1, 0.15) is 0 Å². The van der Waals surface area contributed by atoms with E-state index in [1.165, 1.54) is 0 Å². The molecular formula is C10H13N. The van der Waals surface area contributed by atoms with Gasteiger partial charge < -0.3 is 0 Å². The van der Waals surface area contributed by atoms with Crippen LogP contribution in [0.4, 0.5) is 0 Å². The molecule has 1 heteroatoms. The average molecular weight is 147 g/mol. The maximum atomic E-state index is 4.28.